The van der Waals surface area contributed by atoms with Crippen molar-refractivity contribution in [3.05, 3.63) is 48.8 Å². The second kappa shape index (κ2) is 5.64. The van der Waals surface area contributed by atoms with Crippen LogP contribution in [-0.2, 0) is 10.1 Å². The lowest BCUT2D eigenvalue weighted by Crippen LogP contribution is -2.27. The van der Waals surface area contributed by atoms with Crippen LogP contribution in [0.1, 0.15) is 0 Å². The van der Waals surface area contributed by atoms with Crippen LogP contribution in [-0.4, -0.2) is 32.5 Å². The Morgan fingerprint density at radius 2 is 1.77 bits per heavy atom. The van der Waals surface area contributed by atoms with Gasteiger partial charge in [-0.2, -0.15) is 8.42 Å². The van der Waals surface area contributed by atoms with E-state index < -0.39 is 10.1 Å². The van der Waals surface area contributed by atoms with Crippen molar-refractivity contribution in [1.82, 2.24) is 10.3 Å². The largest absolute Gasteiger partial charge is 0.379 e. The van der Waals surface area contributed by atoms with Crippen molar-refractivity contribution >= 4 is 21.8 Å². The number of hydrogen-bond donors (Lipinski definition) is 1. The number of rotatable bonds is 4. The van der Waals surface area contributed by atoms with Crippen molar-refractivity contribution in [3.8, 4) is 5.75 Å². The Balaban J connectivity index is 1.81. The van der Waals surface area contributed by atoms with E-state index in [1.165, 1.54) is 36.7 Å². The number of hydrogen-bond acceptors (Lipinski definition) is 5. The summed E-state index contributed by atoms with van der Waals surface area (Å²) in [5.74, 6) is 0.193. The van der Waals surface area contributed by atoms with Crippen LogP contribution < -0.4 is 14.4 Å². The second-order valence-corrected chi connectivity index (χ2v) is 6.14. The third kappa shape index (κ3) is 2.86. The third-order valence-corrected chi connectivity index (χ3v) is 4.41. The molecule has 1 aliphatic rings. The maximum atomic E-state index is 12.2. The SMILES string of the molecule is O=C1NCCN1c1ccc(S(=O)(=O)Oc2ccncc2)cc1. The van der Waals surface area contributed by atoms with E-state index in [2.05, 4.69) is 10.3 Å². The van der Waals surface area contributed by atoms with Crippen LogP contribution in [0.5, 0.6) is 5.75 Å². The molecule has 0 unspecified atom stereocenters. The number of benzene rings is 1. The van der Waals surface area contributed by atoms with Gasteiger partial charge in [0.1, 0.15) is 10.6 Å². The minimum atomic E-state index is -3.91. The summed E-state index contributed by atoms with van der Waals surface area (Å²) in [6, 6.07) is 8.71. The smallest absolute Gasteiger partial charge is 0.339 e. The molecular formula is C14H13N3O4S. The molecule has 3 rings (SSSR count). The van der Waals surface area contributed by atoms with Crippen LogP contribution in [0.15, 0.2) is 53.7 Å². The predicted octanol–water partition coefficient (Wildman–Crippen LogP) is 1.38. The van der Waals surface area contributed by atoms with E-state index in [0.29, 0.717) is 18.8 Å². The van der Waals surface area contributed by atoms with Gasteiger partial charge in [-0.05, 0) is 24.3 Å². The van der Waals surface area contributed by atoms with Gasteiger partial charge in [0.2, 0.25) is 0 Å². The van der Waals surface area contributed by atoms with Gasteiger partial charge in [0, 0.05) is 43.3 Å². The van der Waals surface area contributed by atoms with E-state index >= 15 is 0 Å². The van der Waals surface area contributed by atoms with Crippen molar-refractivity contribution in [2.45, 2.75) is 4.90 Å². The van der Waals surface area contributed by atoms with Gasteiger partial charge in [-0.15, -0.1) is 0 Å². The highest BCUT2D eigenvalue weighted by molar-refractivity contribution is 7.87. The first kappa shape index (κ1) is 14.3. The summed E-state index contributed by atoms with van der Waals surface area (Å²) in [4.78, 5) is 16.9. The normalized spacial score (nSPS) is 14.7. The molecule has 1 aromatic heterocycles. The molecule has 1 aromatic carbocycles. The van der Waals surface area contributed by atoms with Crippen LogP contribution in [0.2, 0.25) is 0 Å². The standard InChI is InChI=1S/C14H13N3O4S/c18-14-16-9-10-17(14)11-1-3-13(4-2-11)22(19,20)21-12-5-7-15-8-6-12/h1-8H,9-10H2,(H,16,18). The summed E-state index contributed by atoms with van der Waals surface area (Å²) in [5, 5.41) is 2.68. The number of pyridine rings is 1. The predicted molar refractivity (Wildman–Crippen MR) is 79.2 cm³/mol. The number of amides is 2. The third-order valence-electron chi connectivity index (χ3n) is 3.15. The molecule has 0 saturated carbocycles. The summed E-state index contributed by atoms with van der Waals surface area (Å²) >= 11 is 0. The van der Waals surface area contributed by atoms with Crippen molar-refractivity contribution in [2.75, 3.05) is 18.0 Å². The molecule has 7 nitrogen and oxygen atoms in total. The number of aromatic nitrogens is 1. The van der Waals surface area contributed by atoms with Gasteiger partial charge in [-0.25, -0.2) is 4.79 Å². The molecule has 22 heavy (non-hydrogen) atoms. The van der Waals surface area contributed by atoms with Gasteiger partial charge in [0.25, 0.3) is 0 Å². The molecule has 1 aliphatic heterocycles. The lowest BCUT2D eigenvalue weighted by Gasteiger charge is -2.14. The van der Waals surface area contributed by atoms with Gasteiger partial charge >= 0.3 is 16.1 Å². The quantitative estimate of drug-likeness (QED) is 0.860. The number of carbonyl (C=O) groups is 1. The van der Waals surface area contributed by atoms with Gasteiger partial charge in [-0.1, -0.05) is 0 Å². The molecule has 0 radical (unpaired) electrons. The fraction of sp³-hybridized carbons (Fsp3) is 0.143. The Hall–Kier alpha value is -2.61. The van der Waals surface area contributed by atoms with Crippen LogP contribution in [0.25, 0.3) is 0 Å². The van der Waals surface area contributed by atoms with Gasteiger partial charge in [-0.3, -0.25) is 9.88 Å². The van der Waals surface area contributed by atoms with Gasteiger partial charge in [0.15, 0.2) is 0 Å². The highest BCUT2D eigenvalue weighted by atomic mass is 32.2. The Kier molecular flexibility index (Phi) is 3.68. The van der Waals surface area contributed by atoms with E-state index in [1.54, 1.807) is 17.0 Å². The summed E-state index contributed by atoms with van der Waals surface area (Å²) < 4.78 is 29.3. The Morgan fingerprint density at radius 1 is 1.09 bits per heavy atom. The lowest BCUT2D eigenvalue weighted by molar-refractivity contribution is 0.252. The summed E-state index contributed by atoms with van der Waals surface area (Å²) in [6.07, 6.45) is 2.89. The fourth-order valence-corrected chi connectivity index (χ4v) is 3.01. The fourth-order valence-electron chi connectivity index (χ4n) is 2.08. The zero-order valence-electron chi connectivity index (χ0n) is 11.5. The van der Waals surface area contributed by atoms with Crippen molar-refractivity contribution in [1.29, 1.82) is 0 Å². The lowest BCUT2D eigenvalue weighted by atomic mass is 10.3. The van der Waals surface area contributed by atoms with Crippen LogP contribution >= 0.6 is 0 Å². The monoisotopic (exact) mass is 319 g/mol. The first-order valence-corrected chi connectivity index (χ1v) is 7.97. The second-order valence-electron chi connectivity index (χ2n) is 4.60. The molecule has 2 amide bonds. The number of nitrogens with one attached hydrogen (secondary N) is 1. The minimum Gasteiger partial charge on any atom is -0.379 e. The minimum absolute atomic E-state index is 0.0210. The molecule has 2 heterocycles. The first-order valence-electron chi connectivity index (χ1n) is 6.56. The van der Waals surface area contributed by atoms with Gasteiger partial charge in [0.05, 0.1) is 0 Å². The Morgan fingerprint density at radius 3 is 2.36 bits per heavy atom. The molecule has 0 bridgehead atoms. The van der Waals surface area contributed by atoms with E-state index in [4.69, 9.17) is 4.18 Å². The molecule has 0 spiro atoms. The summed E-state index contributed by atoms with van der Waals surface area (Å²) in [6.45, 7) is 1.13. The topological polar surface area (TPSA) is 88.6 Å². The van der Waals surface area contributed by atoms with Crippen molar-refractivity contribution < 1.29 is 17.4 Å². The molecule has 1 N–H and O–H groups in total. The molecule has 1 fully saturated rings. The van der Waals surface area contributed by atoms with E-state index in [9.17, 15) is 13.2 Å². The molecule has 8 heteroatoms. The first-order chi connectivity index (χ1) is 10.6. The average molecular weight is 319 g/mol. The highest BCUT2D eigenvalue weighted by Gasteiger charge is 2.22. The molecule has 0 aliphatic carbocycles. The van der Waals surface area contributed by atoms with E-state index in [0.717, 1.165) is 0 Å². The Labute approximate surface area is 127 Å². The number of urea groups is 1. The maximum absolute atomic E-state index is 12.2. The summed E-state index contributed by atoms with van der Waals surface area (Å²) in [5.41, 5.74) is 0.637. The van der Waals surface area contributed by atoms with E-state index in [1.807, 2.05) is 0 Å². The van der Waals surface area contributed by atoms with E-state index in [-0.39, 0.29) is 16.7 Å². The molecular weight excluding hydrogens is 306 g/mol. The molecule has 2 aromatic rings. The average Bonchev–Trinajstić information content (AvgIpc) is 2.94. The number of anilines is 1. The molecule has 114 valence electrons. The number of carbonyl (C=O) groups excluding carboxylic acids is 1. The Bertz CT molecular complexity index is 775. The van der Waals surface area contributed by atoms with Gasteiger partial charge < -0.3 is 9.50 Å². The zero-order valence-corrected chi connectivity index (χ0v) is 12.3. The highest BCUT2D eigenvalue weighted by Crippen LogP contribution is 2.22. The van der Waals surface area contributed by atoms with Crippen LogP contribution in [0.4, 0.5) is 10.5 Å². The van der Waals surface area contributed by atoms with Crippen molar-refractivity contribution in [3.63, 3.8) is 0 Å². The zero-order chi connectivity index (χ0) is 15.6. The van der Waals surface area contributed by atoms with Crippen LogP contribution in [0, 0.1) is 0 Å². The van der Waals surface area contributed by atoms with Crippen LogP contribution in [0.3, 0.4) is 0 Å². The summed E-state index contributed by atoms with van der Waals surface area (Å²) in [7, 11) is -3.91. The van der Waals surface area contributed by atoms with Crippen molar-refractivity contribution in [2.24, 2.45) is 0 Å². The molecule has 0 atom stereocenters. The molecule has 1 saturated heterocycles. The number of nitrogens with zero attached hydrogens (tertiary/aromatic N) is 2. The maximum Gasteiger partial charge on any atom is 0.339 e.